The van der Waals surface area contributed by atoms with Gasteiger partial charge in [0.2, 0.25) is 5.88 Å². The lowest BCUT2D eigenvalue weighted by atomic mass is 9.61. The van der Waals surface area contributed by atoms with Crippen molar-refractivity contribution in [3.8, 4) is 22.9 Å². The fourth-order valence-electron chi connectivity index (χ4n) is 5.34. The molecular formula is C27H25F4N3O3. The molecule has 2 heterocycles. The molecule has 3 fully saturated rings. The molecule has 6 rings (SSSR count). The van der Waals surface area contributed by atoms with Gasteiger partial charge in [-0.2, -0.15) is 13.2 Å². The normalized spacial score (nSPS) is 18.9. The smallest absolute Gasteiger partial charge is 0.417 e. The third-order valence-electron chi connectivity index (χ3n) is 7.31. The van der Waals surface area contributed by atoms with Crippen molar-refractivity contribution in [2.24, 2.45) is 12.5 Å². The molecule has 37 heavy (non-hydrogen) atoms. The van der Waals surface area contributed by atoms with Gasteiger partial charge in [0.25, 0.3) is 5.91 Å². The van der Waals surface area contributed by atoms with E-state index < -0.39 is 17.6 Å². The van der Waals surface area contributed by atoms with Crippen LogP contribution in [0.2, 0.25) is 0 Å². The van der Waals surface area contributed by atoms with Crippen molar-refractivity contribution in [1.29, 1.82) is 0 Å². The molecule has 0 N–H and O–H groups in total. The predicted octanol–water partition coefficient (Wildman–Crippen LogP) is 5.47. The highest BCUT2D eigenvalue weighted by molar-refractivity contribution is 5.97. The highest BCUT2D eigenvalue weighted by Gasteiger charge is 2.55. The van der Waals surface area contributed by atoms with Gasteiger partial charge in [-0.05, 0) is 43.9 Å². The molecule has 0 atom stereocenters. The van der Waals surface area contributed by atoms with E-state index in [9.17, 15) is 22.4 Å². The number of halogens is 4. The minimum Gasteiger partial charge on any atom is -0.489 e. The minimum absolute atomic E-state index is 0.0433. The number of likely N-dealkylation sites (tertiary alicyclic amines) is 1. The van der Waals surface area contributed by atoms with E-state index >= 15 is 0 Å². The highest BCUT2D eigenvalue weighted by Crippen LogP contribution is 2.50. The third kappa shape index (κ3) is 4.53. The second-order valence-corrected chi connectivity index (χ2v) is 10.3. The summed E-state index contributed by atoms with van der Waals surface area (Å²) >= 11 is 0. The topological polar surface area (TPSA) is 56.6 Å². The van der Waals surface area contributed by atoms with Gasteiger partial charge in [0.15, 0.2) is 0 Å². The Morgan fingerprint density at radius 1 is 1.03 bits per heavy atom. The number of amides is 1. The molecule has 1 saturated heterocycles. The summed E-state index contributed by atoms with van der Waals surface area (Å²) in [4.78, 5) is 14.8. The van der Waals surface area contributed by atoms with Crippen molar-refractivity contribution in [1.82, 2.24) is 14.7 Å². The van der Waals surface area contributed by atoms with E-state index in [1.165, 1.54) is 41.1 Å². The monoisotopic (exact) mass is 515 g/mol. The van der Waals surface area contributed by atoms with E-state index in [2.05, 4.69) is 5.10 Å². The molecule has 1 aromatic heterocycles. The molecule has 10 heteroatoms. The number of aryl methyl sites for hydroxylation is 1. The van der Waals surface area contributed by atoms with Gasteiger partial charge < -0.3 is 14.4 Å². The highest BCUT2D eigenvalue weighted by atomic mass is 19.4. The van der Waals surface area contributed by atoms with Gasteiger partial charge in [0.05, 0.1) is 22.9 Å². The van der Waals surface area contributed by atoms with Gasteiger partial charge in [-0.15, -0.1) is 5.10 Å². The second-order valence-electron chi connectivity index (χ2n) is 10.3. The molecule has 194 valence electrons. The van der Waals surface area contributed by atoms with E-state index in [-0.39, 0.29) is 35.0 Å². The number of hydrogen-bond donors (Lipinski definition) is 0. The first kappa shape index (κ1) is 23.8. The summed E-state index contributed by atoms with van der Waals surface area (Å²) < 4.78 is 67.2. The summed E-state index contributed by atoms with van der Waals surface area (Å²) in [6.07, 6.45) is -1.30. The fourth-order valence-corrected chi connectivity index (χ4v) is 5.34. The van der Waals surface area contributed by atoms with Crippen LogP contribution in [0.1, 0.15) is 41.6 Å². The minimum atomic E-state index is -4.48. The molecule has 0 radical (unpaired) electrons. The quantitative estimate of drug-likeness (QED) is 0.409. The van der Waals surface area contributed by atoms with Crippen LogP contribution in [0.15, 0.2) is 48.5 Å². The summed E-state index contributed by atoms with van der Waals surface area (Å²) in [5.74, 6) is -0.0507. The Morgan fingerprint density at radius 3 is 2.46 bits per heavy atom. The van der Waals surface area contributed by atoms with Crippen molar-refractivity contribution in [3.63, 3.8) is 0 Å². The number of rotatable bonds is 6. The maximum Gasteiger partial charge on any atom is 0.417 e. The average Bonchev–Trinajstić information content (AvgIpc) is 3.53. The Balaban J connectivity index is 1.07. The molecule has 1 aliphatic heterocycles. The predicted molar refractivity (Wildman–Crippen MR) is 126 cm³/mol. The number of carbonyl (C=O) groups is 1. The van der Waals surface area contributed by atoms with Crippen LogP contribution in [0.5, 0.6) is 11.6 Å². The van der Waals surface area contributed by atoms with Gasteiger partial charge in [0, 0.05) is 43.2 Å². The van der Waals surface area contributed by atoms with E-state index in [1.54, 1.807) is 18.0 Å². The zero-order valence-electron chi connectivity index (χ0n) is 20.1. The lowest BCUT2D eigenvalue weighted by molar-refractivity contribution is -0.137. The van der Waals surface area contributed by atoms with Gasteiger partial charge in [-0.3, -0.25) is 9.48 Å². The molecule has 2 saturated carbocycles. The Labute approximate surface area is 210 Å². The van der Waals surface area contributed by atoms with Crippen LogP contribution in [0.4, 0.5) is 17.6 Å². The number of alkyl halides is 3. The van der Waals surface area contributed by atoms with Crippen LogP contribution >= 0.6 is 0 Å². The summed E-state index contributed by atoms with van der Waals surface area (Å²) in [5.41, 5.74) is -0.0308. The largest absolute Gasteiger partial charge is 0.489 e. The maximum absolute atomic E-state index is 13.7. The van der Waals surface area contributed by atoms with Crippen LogP contribution in [0.25, 0.3) is 11.3 Å². The van der Waals surface area contributed by atoms with Gasteiger partial charge in [-0.1, -0.05) is 18.2 Å². The lowest BCUT2D eigenvalue weighted by Crippen LogP contribution is -2.65. The van der Waals surface area contributed by atoms with Gasteiger partial charge >= 0.3 is 6.18 Å². The number of aromatic nitrogens is 2. The molecule has 6 nitrogen and oxygen atoms in total. The lowest BCUT2D eigenvalue weighted by Gasteiger charge is -2.58. The van der Waals surface area contributed by atoms with Crippen molar-refractivity contribution in [2.45, 2.75) is 44.1 Å². The summed E-state index contributed by atoms with van der Waals surface area (Å²) in [7, 11) is 1.59. The first-order chi connectivity index (χ1) is 17.6. The molecule has 3 aromatic rings. The fraction of sp³-hybridized carbons (Fsp3) is 0.407. The van der Waals surface area contributed by atoms with E-state index in [4.69, 9.17) is 9.47 Å². The number of benzene rings is 2. The van der Waals surface area contributed by atoms with Crippen LogP contribution < -0.4 is 9.47 Å². The molecular weight excluding hydrogens is 490 g/mol. The Bertz CT molecular complexity index is 1350. The molecule has 1 amide bonds. The van der Waals surface area contributed by atoms with Crippen LogP contribution in [-0.4, -0.2) is 45.9 Å². The van der Waals surface area contributed by atoms with E-state index in [1.807, 2.05) is 0 Å². The summed E-state index contributed by atoms with van der Waals surface area (Å²) in [5, 5.41) is 4.27. The maximum atomic E-state index is 13.7. The van der Waals surface area contributed by atoms with Crippen molar-refractivity contribution < 1.29 is 31.8 Å². The van der Waals surface area contributed by atoms with E-state index in [0.29, 0.717) is 30.1 Å². The van der Waals surface area contributed by atoms with Crippen molar-refractivity contribution in [2.75, 3.05) is 13.1 Å². The molecule has 2 aromatic carbocycles. The van der Waals surface area contributed by atoms with Gasteiger partial charge in [0.1, 0.15) is 17.7 Å². The zero-order chi connectivity index (χ0) is 25.9. The first-order valence-electron chi connectivity index (χ1n) is 12.2. The van der Waals surface area contributed by atoms with Crippen LogP contribution in [-0.2, 0) is 13.2 Å². The van der Waals surface area contributed by atoms with Crippen molar-refractivity contribution >= 4 is 5.91 Å². The van der Waals surface area contributed by atoms with Gasteiger partial charge in [-0.25, -0.2) is 4.39 Å². The first-order valence-corrected chi connectivity index (χ1v) is 12.2. The Kier molecular flexibility index (Phi) is 5.47. The third-order valence-corrected chi connectivity index (χ3v) is 7.31. The molecule has 2 aliphatic carbocycles. The van der Waals surface area contributed by atoms with E-state index in [0.717, 1.165) is 31.7 Å². The summed E-state index contributed by atoms with van der Waals surface area (Å²) in [6, 6.07) is 10.9. The van der Waals surface area contributed by atoms with Crippen LogP contribution in [0.3, 0.4) is 0 Å². The summed E-state index contributed by atoms with van der Waals surface area (Å²) in [6.45, 7) is 1.14. The molecule has 1 spiro atoms. The Hall–Kier alpha value is -3.56. The number of nitrogens with zero attached hydrogens (tertiary/aromatic N) is 3. The second kappa shape index (κ2) is 8.49. The SMILES string of the molecule is Cn1nc(OC2CC3(C2)CN(C(=O)c2ccc(F)cc2OC2CC2)C3)cc1-c1ccccc1C(F)(F)F. The van der Waals surface area contributed by atoms with Crippen molar-refractivity contribution in [3.05, 3.63) is 65.5 Å². The Morgan fingerprint density at radius 2 is 1.76 bits per heavy atom. The van der Waals surface area contributed by atoms with Crippen LogP contribution in [0, 0.1) is 11.2 Å². The number of carbonyl (C=O) groups excluding carboxylic acids is 1. The molecule has 0 bridgehead atoms. The number of hydrogen-bond acceptors (Lipinski definition) is 4. The average molecular weight is 516 g/mol. The standard InChI is InChI=1S/C27H25F4N3O3/c1-33-22(19-4-2-3-5-21(19)27(29,30)31)11-24(32-33)37-18-12-26(13-18)14-34(15-26)25(35)20-9-6-16(28)10-23(20)36-17-7-8-17/h2-6,9-11,17-18H,7-8,12-15H2,1H3. The zero-order valence-corrected chi connectivity index (χ0v) is 20.1. The molecule has 0 unspecified atom stereocenters. The molecule has 3 aliphatic rings. The number of ether oxygens (including phenoxy) is 2.